The third kappa shape index (κ3) is 1.36. The molecule has 0 aromatic carbocycles. The minimum atomic E-state index is -0.370. The largest absolute Gasteiger partial charge is 0.327 e. The first kappa shape index (κ1) is 8.41. The van der Waals surface area contributed by atoms with Gasteiger partial charge in [-0.3, -0.25) is 13.7 Å². The second-order valence-electron chi connectivity index (χ2n) is 4.32. The Morgan fingerprint density at radius 1 is 0.538 bits per heavy atom. The number of rotatable bonds is 3. The summed E-state index contributed by atoms with van der Waals surface area (Å²) in [6.45, 7) is 8.26. The minimum absolute atomic E-state index is 0.370. The van der Waals surface area contributed by atoms with E-state index in [1.54, 1.807) is 0 Å². The Bertz CT molecular complexity index is 154. The van der Waals surface area contributed by atoms with Gasteiger partial charge in [0.05, 0.1) is 0 Å². The van der Waals surface area contributed by atoms with Gasteiger partial charge < -0.3 is 0 Å². The molecule has 3 rings (SSSR count). The van der Waals surface area contributed by atoms with Crippen LogP contribution in [0.15, 0.2) is 0 Å². The average molecular weight is 196 g/mol. The quantitative estimate of drug-likeness (QED) is 0.592. The molecule has 3 fully saturated rings. The van der Waals surface area contributed by atoms with Crippen molar-refractivity contribution in [1.29, 1.82) is 0 Å². The highest BCUT2D eigenvalue weighted by atomic mass is 28.3. The van der Waals surface area contributed by atoms with Gasteiger partial charge in [0.15, 0.2) is 0 Å². The molecular weight excluding hydrogens is 178 g/mol. The molecule has 3 saturated heterocycles. The highest BCUT2D eigenvalue weighted by Gasteiger charge is 2.41. The lowest BCUT2D eigenvalue weighted by atomic mass is 10.3. The summed E-state index contributed by atoms with van der Waals surface area (Å²) in [6, 6.07) is 0. The molecule has 3 aliphatic heterocycles. The molecular formula is C9H18N3Si. The highest BCUT2D eigenvalue weighted by molar-refractivity contribution is 6.50. The first-order valence-corrected chi connectivity index (χ1v) is 6.91. The molecule has 0 spiro atoms. The van der Waals surface area contributed by atoms with Crippen molar-refractivity contribution in [3.63, 3.8) is 0 Å². The van der Waals surface area contributed by atoms with Gasteiger partial charge in [-0.2, -0.15) is 0 Å². The van der Waals surface area contributed by atoms with Crippen LogP contribution in [-0.2, 0) is 0 Å². The monoisotopic (exact) mass is 196 g/mol. The van der Waals surface area contributed by atoms with Gasteiger partial charge in [0, 0.05) is 0 Å². The molecule has 0 aromatic rings. The molecule has 0 atom stereocenters. The molecule has 0 unspecified atom stereocenters. The Hall–Kier alpha value is 0.0969. The van der Waals surface area contributed by atoms with E-state index in [0.717, 1.165) is 0 Å². The van der Waals surface area contributed by atoms with Gasteiger partial charge in [-0.25, -0.2) is 0 Å². The van der Waals surface area contributed by atoms with E-state index < -0.39 is 0 Å². The van der Waals surface area contributed by atoms with Crippen LogP contribution in [0.2, 0.25) is 0 Å². The molecule has 0 aliphatic carbocycles. The fraction of sp³-hybridized carbons (Fsp3) is 1.00. The SMILES string of the molecule is C1CN([Si](N2CCC2)N2CCC2)C1. The van der Waals surface area contributed by atoms with Crippen LogP contribution >= 0.6 is 0 Å². The maximum absolute atomic E-state index is 2.74. The molecule has 0 N–H and O–H groups in total. The Kier molecular flexibility index (Phi) is 2.16. The molecule has 4 heteroatoms. The molecule has 1 radical (unpaired) electrons. The van der Waals surface area contributed by atoms with Crippen LogP contribution < -0.4 is 0 Å². The summed E-state index contributed by atoms with van der Waals surface area (Å²) in [6.07, 6.45) is 4.32. The van der Waals surface area contributed by atoms with E-state index in [2.05, 4.69) is 13.7 Å². The van der Waals surface area contributed by atoms with E-state index in [9.17, 15) is 0 Å². The lowest BCUT2D eigenvalue weighted by Crippen LogP contribution is -2.71. The third-order valence-corrected chi connectivity index (χ3v) is 6.46. The summed E-state index contributed by atoms with van der Waals surface area (Å²) < 4.78 is 8.22. The van der Waals surface area contributed by atoms with Crippen LogP contribution in [0.1, 0.15) is 19.3 Å². The molecule has 0 amide bonds. The van der Waals surface area contributed by atoms with Crippen LogP contribution in [-0.4, -0.2) is 62.2 Å². The van der Waals surface area contributed by atoms with Crippen molar-refractivity contribution < 1.29 is 0 Å². The third-order valence-electron chi connectivity index (χ3n) is 3.42. The number of hydrogen-bond acceptors (Lipinski definition) is 3. The van der Waals surface area contributed by atoms with Crippen molar-refractivity contribution in [2.75, 3.05) is 39.3 Å². The maximum Gasteiger partial charge on any atom is 0.327 e. The lowest BCUT2D eigenvalue weighted by Gasteiger charge is -2.52. The number of hydrogen-bond donors (Lipinski definition) is 0. The van der Waals surface area contributed by atoms with Gasteiger partial charge in [-0.15, -0.1) is 0 Å². The van der Waals surface area contributed by atoms with Crippen LogP contribution in [0.3, 0.4) is 0 Å². The zero-order chi connectivity index (χ0) is 8.67. The molecule has 0 saturated carbocycles. The summed E-state index contributed by atoms with van der Waals surface area (Å²) in [7, 11) is -0.370. The van der Waals surface area contributed by atoms with Gasteiger partial charge in [0.2, 0.25) is 0 Å². The van der Waals surface area contributed by atoms with E-state index in [4.69, 9.17) is 0 Å². The second-order valence-corrected chi connectivity index (χ2v) is 6.82. The van der Waals surface area contributed by atoms with Crippen molar-refractivity contribution in [3.8, 4) is 0 Å². The first-order chi connectivity index (χ1) is 6.45. The molecule has 0 bridgehead atoms. The molecule has 73 valence electrons. The summed E-state index contributed by atoms with van der Waals surface area (Å²) >= 11 is 0. The van der Waals surface area contributed by atoms with E-state index in [1.165, 1.54) is 58.5 Å². The predicted molar refractivity (Wildman–Crippen MR) is 54.3 cm³/mol. The van der Waals surface area contributed by atoms with E-state index in [0.29, 0.717) is 0 Å². The van der Waals surface area contributed by atoms with Crippen molar-refractivity contribution in [1.82, 2.24) is 13.7 Å². The summed E-state index contributed by atoms with van der Waals surface area (Å²) in [5, 5.41) is 0. The van der Waals surface area contributed by atoms with E-state index >= 15 is 0 Å². The second kappa shape index (κ2) is 3.35. The van der Waals surface area contributed by atoms with Gasteiger partial charge in [-0.1, -0.05) is 0 Å². The zero-order valence-corrected chi connectivity index (χ0v) is 9.21. The topological polar surface area (TPSA) is 9.72 Å². The lowest BCUT2D eigenvalue weighted by molar-refractivity contribution is 0.158. The summed E-state index contributed by atoms with van der Waals surface area (Å²) in [5.74, 6) is 0. The standard InChI is InChI=1S/C9H18N3Si/c1-4-10(5-1)13(11-6-2-7-11)12-8-3-9-12/h1-9H2. The predicted octanol–water partition coefficient (Wildman–Crippen LogP) is 0.0884. The molecule has 13 heavy (non-hydrogen) atoms. The molecule has 3 aliphatic rings. The van der Waals surface area contributed by atoms with Crippen molar-refractivity contribution in [3.05, 3.63) is 0 Å². The Labute approximate surface area is 82.1 Å². The van der Waals surface area contributed by atoms with E-state index in [-0.39, 0.29) is 9.28 Å². The zero-order valence-electron chi connectivity index (χ0n) is 8.21. The molecule has 0 aromatic heterocycles. The van der Waals surface area contributed by atoms with Crippen molar-refractivity contribution in [2.24, 2.45) is 0 Å². The van der Waals surface area contributed by atoms with Crippen LogP contribution in [0, 0.1) is 0 Å². The molecule has 3 nitrogen and oxygen atoms in total. The summed E-state index contributed by atoms with van der Waals surface area (Å²) in [5.41, 5.74) is 0. The van der Waals surface area contributed by atoms with Gasteiger partial charge in [0.1, 0.15) is 0 Å². The Morgan fingerprint density at radius 2 is 0.846 bits per heavy atom. The minimum Gasteiger partial charge on any atom is -0.299 e. The summed E-state index contributed by atoms with van der Waals surface area (Å²) in [4.78, 5) is 0. The van der Waals surface area contributed by atoms with Crippen molar-refractivity contribution in [2.45, 2.75) is 19.3 Å². The number of nitrogens with zero attached hydrogens (tertiary/aromatic N) is 3. The van der Waals surface area contributed by atoms with Gasteiger partial charge in [-0.05, 0) is 58.5 Å². The normalized spacial score (nSPS) is 31.2. The highest BCUT2D eigenvalue weighted by Crippen LogP contribution is 2.22. The molecule has 3 heterocycles. The van der Waals surface area contributed by atoms with Crippen molar-refractivity contribution >= 4 is 9.28 Å². The van der Waals surface area contributed by atoms with Crippen LogP contribution in [0.5, 0.6) is 0 Å². The maximum atomic E-state index is 2.74. The fourth-order valence-electron chi connectivity index (χ4n) is 2.15. The van der Waals surface area contributed by atoms with E-state index in [1.807, 2.05) is 0 Å². The van der Waals surface area contributed by atoms with Gasteiger partial charge >= 0.3 is 9.28 Å². The van der Waals surface area contributed by atoms with Crippen LogP contribution in [0.25, 0.3) is 0 Å². The fourth-order valence-corrected chi connectivity index (χ4v) is 5.50. The first-order valence-electron chi connectivity index (χ1n) is 5.57. The van der Waals surface area contributed by atoms with Gasteiger partial charge in [0.25, 0.3) is 0 Å². The Balaban J connectivity index is 1.64. The van der Waals surface area contributed by atoms with Crippen LogP contribution in [0.4, 0.5) is 0 Å². The smallest absolute Gasteiger partial charge is 0.299 e. The average Bonchev–Trinajstić information content (AvgIpc) is 1.73. The Morgan fingerprint density at radius 3 is 1.00 bits per heavy atom.